The Morgan fingerprint density at radius 3 is 2.82 bits per heavy atom. The van der Waals surface area contributed by atoms with Crippen LogP contribution in [0.5, 0.6) is 5.75 Å². The molecule has 1 rings (SSSR count). The number of allylic oxidation sites excluding steroid dienone is 1. The SMILES string of the molecule is C/C=C/COc1ccc(CC(N)CC)cc1F. The molecule has 2 N–H and O–H groups in total. The molecule has 1 atom stereocenters. The Hall–Kier alpha value is -1.35. The van der Waals surface area contributed by atoms with E-state index in [1.165, 1.54) is 6.07 Å². The Kier molecular flexibility index (Phi) is 5.70. The van der Waals surface area contributed by atoms with Gasteiger partial charge in [-0.1, -0.05) is 25.1 Å². The van der Waals surface area contributed by atoms with Gasteiger partial charge in [0.25, 0.3) is 0 Å². The first-order valence-electron chi connectivity index (χ1n) is 5.95. The molecule has 3 heteroatoms. The summed E-state index contributed by atoms with van der Waals surface area (Å²) in [6, 6.07) is 5.12. The molecule has 0 radical (unpaired) electrons. The molecule has 0 amide bonds. The van der Waals surface area contributed by atoms with Crippen LogP contribution >= 0.6 is 0 Å². The summed E-state index contributed by atoms with van der Waals surface area (Å²) in [5.74, 6) is -0.0350. The fraction of sp³-hybridized carbons (Fsp3) is 0.429. The molecular weight excluding hydrogens is 217 g/mol. The average Bonchev–Trinajstić information content (AvgIpc) is 2.32. The van der Waals surface area contributed by atoms with Gasteiger partial charge in [-0.2, -0.15) is 0 Å². The van der Waals surface area contributed by atoms with Crippen LogP contribution in [0.4, 0.5) is 4.39 Å². The van der Waals surface area contributed by atoms with Crippen molar-refractivity contribution in [3.05, 3.63) is 41.7 Å². The van der Waals surface area contributed by atoms with Crippen LogP contribution in [-0.4, -0.2) is 12.6 Å². The van der Waals surface area contributed by atoms with Crippen LogP contribution in [0, 0.1) is 5.82 Å². The molecular formula is C14H20FNO. The van der Waals surface area contributed by atoms with Gasteiger partial charge in [-0.15, -0.1) is 0 Å². The van der Waals surface area contributed by atoms with Gasteiger partial charge in [0.2, 0.25) is 0 Å². The third kappa shape index (κ3) is 4.57. The number of hydrogen-bond donors (Lipinski definition) is 1. The minimum Gasteiger partial charge on any atom is -0.486 e. The highest BCUT2D eigenvalue weighted by Gasteiger charge is 2.06. The maximum Gasteiger partial charge on any atom is 0.165 e. The summed E-state index contributed by atoms with van der Waals surface area (Å²) in [6.45, 7) is 4.31. The lowest BCUT2D eigenvalue weighted by Gasteiger charge is -2.10. The molecule has 1 aromatic rings. The molecule has 0 spiro atoms. The Labute approximate surface area is 102 Å². The topological polar surface area (TPSA) is 35.2 Å². The molecule has 17 heavy (non-hydrogen) atoms. The third-order valence-corrected chi connectivity index (χ3v) is 2.59. The van der Waals surface area contributed by atoms with Crippen LogP contribution in [0.2, 0.25) is 0 Å². The standard InChI is InChI=1S/C14H20FNO/c1-3-5-8-17-14-7-6-11(10-13(14)15)9-12(16)4-2/h3,5-7,10,12H,4,8-9,16H2,1-2H3/b5-3+. The number of hydrogen-bond acceptors (Lipinski definition) is 2. The highest BCUT2D eigenvalue weighted by Crippen LogP contribution is 2.19. The summed E-state index contributed by atoms with van der Waals surface area (Å²) in [7, 11) is 0. The Bertz CT molecular complexity index is 376. The highest BCUT2D eigenvalue weighted by molar-refractivity contribution is 5.30. The van der Waals surface area contributed by atoms with E-state index in [9.17, 15) is 4.39 Å². The van der Waals surface area contributed by atoms with Gasteiger partial charge in [-0.3, -0.25) is 0 Å². The van der Waals surface area contributed by atoms with E-state index in [2.05, 4.69) is 0 Å². The first-order valence-corrected chi connectivity index (χ1v) is 5.95. The van der Waals surface area contributed by atoms with Gasteiger partial charge in [0.05, 0.1) is 0 Å². The summed E-state index contributed by atoms with van der Waals surface area (Å²) in [4.78, 5) is 0. The van der Waals surface area contributed by atoms with Gasteiger partial charge in [0.1, 0.15) is 6.61 Å². The van der Waals surface area contributed by atoms with Crippen molar-refractivity contribution in [2.45, 2.75) is 32.7 Å². The molecule has 0 bridgehead atoms. The van der Waals surface area contributed by atoms with E-state index in [1.807, 2.05) is 32.1 Å². The Balaban J connectivity index is 2.65. The van der Waals surface area contributed by atoms with Crippen molar-refractivity contribution in [2.24, 2.45) is 5.73 Å². The van der Waals surface area contributed by atoms with E-state index >= 15 is 0 Å². The number of nitrogens with two attached hydrogens (primary N) is 1. The molecule has 0 aliphatic heterocycles. The third-order valence-electron chi connectivity index (χ3n) is 2.59. The smallest absolute Gasteiger partial charge is 0.165 e. The van der Waals surface area contributed by atoms with Crippen LogP contribution in [0.1, 0.15) is 25.8 Å². The number of rotatable bonds is 6. The zero-order valence-electron chi connectivity index (χ0n) is 10.4. The molecule has 2 nitrogen and oxygen atoms in total. The maximum atomic E-state index is 13.6. The van der Waals surface area contributed by atoms with E-state index in [4.69, 9.17) is 10.5 Å². The van der Waals surface area contributed by atoms with Crippen molar-refractivity contribution in [3.8, 4) is 5.75 Å². The molecule has 0 aromatic heterocycles. The van der Waals surface area contributed by atoms with Crippen LogP contribution in [-0.2, 0) is 6.42 Å². The number of ether oxygens (including phenoxy) is 1. The normalized spacial score (nSPS) is 12.9. The van der Waals surface area contributed by atoms with Crippen LogP contribution in [0.3, 0.4) is 0 Å². The fourth-order valence-corrected chi connectivity index (χ4v) is 1.47. The summed E-state index contributed by atoms with van der Waals surface area (Å²) in [5, 5.41) is 0. The van der Waals surface area contributed by atoms with E-state index in [0.29, 0.717) is 13.0 Å². The minimum absolute atomic E-state index is 0.0872. The lowest BCUT2D eigenvalue weighted by atomic mass is 10.0. The second kappa shape index (κ2) is 7.07. The minimum atomic E-state index is -0.324. The monoisotopic (exact) mass is 237 g/mol. The molecule has 0 aliphatic rings. The Morgan fingerprint density at radius 2 is 2.24 bits per heavy atom. The zero-order chi connectivity index (χ0) is 12.7. The first-order chi connectivity index (χ1) is 8.17. The van der Waals surface area contributed by atoms with Crippen LogP contribution < -0.4 is 10.5 Å². The van der Waals surface area contributed by atoms with Crippen molar-refractivity contribution in [1.82, 2.24) is 0 Å². The fourth-order valence-electron chi connectivity index (χ4n) is 1.47. The molecule has 0 fully saturated rings. The van der Waals surface area contributed by atoms with Crippen molar-refractivity contribution < 1.29 is 9.13 Å². The molecule has 1 aromatic carbocycles. The molecule has 0 saturated heterocycles. The molecule has 0 saturated carbocycles. The van der Waals surface area contributed by atoms with Gasteiger partial charge in [-0.05, 0) is 37.5 Å². The van der Waals surface area contributed by atoms with Gasteiger partial charge in [0, 0.05) is 6.04 Å². The van der Waals surface area contributed by atoms with Gasteiger partial charge in [0.15, 0.2) is 11.6 Å². The number of benzene rings is 1. The number of halogens is 1. The quantitative estimate of drug-likeness (QED) is 0.772. The van der Waals surface area contributed by atoms with Crippen molar-refractivity contribution >= 4 is 0 Å². The second-order valence-corrected chi connectivity index (χ2v) is 4.02. The summed E-state index contributed by atoms with van der Waals surface area (Å²) in [6.07, 6.45) is 5.29. The largest absolute Gasteiger partial charge is 0.486 e. The first kappa shape index (κ1) is 13.7. The summed E-state index contributed by atoms with van der Waals surface area (Å²) < 4.78 is 18.9. The van der Waals surface area contributed by atoms with Crippen LogP contribution in [0.15, 0.2) is 30.4 Å². The Morgan fingerprint density at radius 1 is 1.47 bits per heavy atom. The zero-order valence-corrected chi connectivity index (χ0v) is 10.4. The average molecular weight is 237 g/mol. The maximum absolute atomic E-state index is 13.6. The van der Waals surface area contributed by atoms with Gasteiger partial charge < -0.3 is 10.5 Å². The van der Waals surface area contributed by atoms with Gasteiger partial charge >= 0.3 is 0 Å². The van der Waals surface area contributed by atoms with Crippen molar-refractivity contribution in [1.29, 1.82) is 0 Å². The van der Waals surface area contributed by atoms with E-state index in [-0.39, 0.29) is 17.6 Å². The lowest BCUT2D eigenvalue weighted by Crippen LogP contribution is -2.21. The molecule has 0 heterocycles. The second-order valence-electron chi connectivity index (χ2n) is 4.02. The summed E-state index contributed by atoms with van der Waals surface area (Å²) in [5.41, 5.74) is 6.74. The predicted octanol–water partition coefficient (Wildman–Crippen LogP) is 3.06. The molecule has 1 unspecified atom stereocenters. The van der Waals surface area contributed by atoms with E-state index < -0.39 is 0 Å². The van der Waals surface area contributed by atoms with Crippen molar-refractivity contribution in [2.75, 3.05) is 6.61 Å². The van der Waals surface area contributed by atoms with E-state index in [1.54, 1.807) is 6.07 Å². The van der Waals surface area contributed by atoms with Gasteiger partial charge in [-0.25, -0.2) is 4.39 Å². The predicted molar refractivity (Wildman–Crippen MR) is 68.7 cm³/mol. The summed E-state index contributed by atoms with van der Waals surface area (Å²) >= 11 is 0. The molecule has 0 aliphatic carbocycles. The van der Waals surface area contributed by atoms with Crippen molar-refractivity contribution in [3.63, 3.8) is 0 Å². The van der Waals surface area contributed by atoms with E-state index in [0.717, 1.165) is 12.0 Å². The highest BCUT2D eigenvalue weighted by atomic mass is 19.1. The molecule has 94 valence electrons. The lowest BCUT2D eigenvalue weighted by molar-refractivity contribution is 0.341. The van der Waals surface area contributed by atoms with Crippen LogP contribution in [0.25, 0.3) is 0 Å².